The van der Waals surface area contributed by atoms with Crippen LogP contribution >= 0.6 is 24.0 Å². The monoisotopic (exact) mass is 292 g/mol. The smallest absolute Gasteiger partial charge is 0.224 e. The number of amides is 1. The Kier molecular flexibility index (Phi) is 4.99. The van der Waals surface area contributed by atoms with Crippen molar-refractivity contribution >= 4 is 29.9 Å². The van der Waals surface area contributed by atoms with Gasteiger partial charge in [-0.3, -0.25) is 4.79 Å². The Morgan fingerprint density at radius 2 is 2.16 bits per heavy atom. The van der Waals surface area contributed by atoms with E-state index in [1.165, 1.54) is 0 Å². The van der Waals surface area contributed by atoms with E-state index in [2.05, 4.69) is 22.9 Å². The number of thiol groups is 1. The van der Waals surface area contributed by atoms with E-state index >= 15 is 0 Å². The van der Waals surface area contributed by atoms with Gasteiger partial charge in [0, 0.05) is 16.5 Å². The fraction of sp³-hybridized carbons (Fsp3) is 0.286. The predicted octanol–water partition coefficient (Wildman–Crippen LogP) is 3.24. The van der Waals surface area contributed by atoms with Gasteiger partial charge in [0.15, 0.2) is 0 Å². The molecule has 1 N–H and O–H groups in total. The molecule has 1 amide bonds. The molecule has 0 fully saturated rings. The van der Waals surface area contributed by atoms with Crippen molar-refractivity contribution in [3.8, 4) is 0 Å². The van der Waals surface area contributed by atoms with Gasteiger partial charge >= 0.3 is 0 Å². The molecule has 5 heteroatoms. The largest absolute Gasteiger partial charge is 0.347 e. The molecule has 0 aliphatic carbocycles. The van der Waals surface area contributed by atoms with Crippen molar-refractivity contribution in [2.45, 2.75) is 30.7 Å². The van der Waals surface area contributed by atoms with Crippen LogP contribution in [0.4, 0.5) is 0 Å². The van der Waals surface area contributed by atoms with Crippen LogP contribution in [0.15, 0.2) is 40.7 Å². The van der Waals surface area contributed by atoms with Crippen LogP contribution in [0.25, 0.3) is 0 Å². The summed E-state index contributed by atoms with van der Waals surface area (Å²) in [4.78, 5) is 17.2. The number of carbonyl (C=O) groups is 1. The van der Waals surface area contributed by atoms with Crippen molar-refractivity contribution in [2.75, 3.05) is 0 Å². The van der Waals surface area contributed by atoms with Gasteiger partial charge in [-0.15, -0.1) is 24.0 Å². The summed E-state index contributed by atoms with van der Waals surface area (Å²) in [5.41, 5.74) is 0.990. The molecule has 0 saturated carbocycles. The van der Waals surface area contributed by atoms with Crippen LogP contribution in [0.1, 0.15) is 30.0 Å². The van der Waals surface area contributed by atoms with Gasteiger partial charge in [-0.25, -0.2) is 4.98 Å². The third-order valence-electron chi connectivity index (χ3n) is 2.79. The fourth-order valence-electron chi connectivity index (χ4n) is 1.79. The quantitative estimate of drug-likeness (QED) is 0.831. The number of carbonyl (C=O) groups excluding carboxylic acids is 1. The van der Waals surface area contributed by atoms with Crippen LogP contribution < -0.4 is 5.32 Å². The highest BCUT2D eigenvalue weighted by Crippen LogP contribution is 2.19. The third kappa shape index (κ3) is 4.08. The average molecular weight is 292 g/mol. The zero-order valence-electron chi connectivity index (χ0n) is 10.7. The van der Waals surface area contributed by atoms with E-state index in [0.717, 1.165) is 21.9 Å². The maximum absolute atomic E-state index is 12.0. The highest BCUT2D eigenvalue weighted by Gasteiger charge is 2.14. The summed E-state index contributed by atoms with van der Waals surface area (Å²) < 4.78 is 0. The number of hydrogen-bond acceptors (Lipinski definition) is 4. The predicted molar refractivity (Wildman–Crippen MR) is 80.7 cm³/mol. The second-order valence-corrected chi connectivity index (χ2v) is 5.68. The zero-order valence-corrected chi connectivity index (χ0v) is 12.4. The van der Waals surface area contributed by atoms with Crippen LogP contribution in [-0.4, -0.2) is 10.9 Å². The van der Waals surface area contributed by atoms with E-state index in [4.69, 9.17) is 0 Å². The lowest BCUT2D eigenvalue weighted by Gasteiger charge is -2.14. The van der Waals surface area contributed by atoms with E-state index in [-0.39, 0.29) is 11.9 Å². The molecule has 1 atom stereocenters. The number of thiazole rings is 1. The molecule has 0 radical (unpaired) electrons. The maximum Gasteiger partial charge on any atom is 0.224 e. The lowest BCUT2D eigenvalue weighted by atomic mass is 10.1. The molecular weight excluding hydrogens is 276 g/mol. The lowest BCUT2D eigenvalue weighted by Crippen LogP contribution is -2.29. The summed E-state index contributed by atoms with van der Waals surface area (Å²) in [5, 5.41) is 5.91. The Morgan fingerprint density at radius 3 is 2.74 bits per heavy atom. The lowest BCUT2D eigenvalue weighted by molar-refractivity contribution is -0.121. The SMILES string of the molecule is CCC(NC(=O)Cc1ccc(S)cc1)c1nccs1. The van der Waals surface area contributed by atoms with E-state index in [1.807, 2.05) is 36.6 Å². The molecule has 2 aromatic rings. The first-order valence-electron chi connectivity index (χ1n) is 6.15. The van der Waals surface area contributed by atoms with Crippen molar-refractivity contribution in [3.05, 3.63) is 46.4 Å². The molecule has 0 aliphatic rings. The molecule has 2 rings (SSSR count). The summed E-state index contributed by atoms with van der Waals surface area (Å²) in [6.45, 7) is 2.04. The van der Waals surface area contributed by atoms with Gasteiger partial charge in [0.05, 0.1) is 12.5 Å². The van der Waals surface area contributed by atoms with Gasteiger partial charge in [-0.1, -0.05) is 19.1 Å². The maximum atomic E-state index is 12.0. The normalized spacial score (nSPS) is 12.1. The van der Waals surface area contributed by atoms with Gasteiger partial charge in [-0.05, 0) is 24.1 Å². The summed E-state index contributed by atoms with van der Waals surface area (Å²) >= 11 is 5.80. The minimum absolute atomic E-state index is 0.0108. The molecule has 0 spiro atoms. The number of aromatic nitrogens is 1. The Bertz CT molecular complexity index is 523. The van der Waals surface area contributed by atoms with Gasteiger partial charge in [-0.2, -0.15) is 0 Å². The molecule has 3 nitrogen and oxygen atoms in total. The minimum atomic E-state index is 0.0108. The van der Waals surface area contributed by atoms with Crippen molar-refractivity contribution in [1.82, 2.24) is 10.3 Å². The van der Waals surface area contributed by atoms with Crippen LogP contribution in [0.5, 0.6) is 0 Å². The van der Waals surface area contributed by atoms with Crippen LogP contribution in [0, 0.1) is 0 Å². The van der Waals surface area contributed by atoms with Gasteiger partial charge in [0.25, 0.3) is 0 Å². The Morgan fingerprint density at radius 1 is 1.42 bits per heavy atom. The molecule has 1 aromatic carbocycles. The molecule has 1 aromatic heterocycles. The molecular formula is C14H16N2OS2. The molecule has 1 unspecified atom stereocenters. The minimum Gasteiger partial charge on any atom is -0.347 e. The second kappa shape index (κ2) is 6.73. The van der Waals surface area contributed by atoms with Gasteiger partial charge in [0.2, 0.25) is 5.91 Å². The van der Waals surface area contributed by atoms with Crippen molar-refractivity contribution < 1.29 is 4.79 Å². The van der Waals surface area contributed by atoms with Gasteiger partial charge < -0.3 is 5.32 Å². The van der Waals surface area contributed by atoms with Gasteiger partial charge in [0.1, 0.15) is 5.01 Å². The highest BCUT2D eigenvalue weighted by molar-refractivity contribution is 7.80. The van der Waals surface area contributed by atoms with E-state index in [1.54, 1.807) is 17.5 Å². The molecule has 1 heterocycles. The first-order chi connectivity index (χ1) is 9.19. The van der Waals surface area contributed by atoms with Crippen LogP contribution in [0.2, 0.25) is 0 Å². The van der Waals surface area contributed by atoms with Crippen molar-refractivity contribution in [2.24, 2.45) is 0 Å². The molecule has 0 bridgehead atoms. The summed E-state index contributed by atoms with van der Waals surface area (Å²) in [5.74, 6) is 0.0222. The van der Waals surface area contributed by atoms with E-state index in [0.29, 0.717) is 6.42 Å². The first-order valence-corrected chi connectivity index (χ1v) is 7.48. The fourth-order valence-corrected chi connectivity index (χ4v) is 2.71. The zero-order chi connectivity index (χ0) is 13.7. The van der Waals surface area contributed by atoms with Crippen LogP contribution in [0.3, 0.4) is 0 Å². The molecule has 0 saturated heterocycles. The summed E-state index contributed by atoms with van der Waals surface area (Å²) in [6, 6.07) is 7.64. The summed E-state index contributed by atoms with van der Waals surface area (Å²) in [6.07, 6.45) is 2.99. The second-order valence-electron chi connectivity index (χ2n) is 4.24. The summed E-state index contributed by atoms with van der Waals surface area (Å²) in [7, 11) is 0. The third-order valence-corrected chi connectivity index (χ3v) is 3.98. The number of rotatable bonds is 5. The van der Waals surface area contributed by atoms with Crippen LogP contribution in [-0.2, 0) is 11.2 Å². The number of hydrogen-bond donors (Lipinski definition) is 2. The standard InChI is InChI=1S/C14H16N2OS2/c1-2-12(14-15-7-8-19-14)16-13(17)9-10-3-5-11(18)6-4-10/h3-8,12,18H,2,9H2,1H3,(H,16,17). The molecule has 100 valence electrons. The molecule has 19 heavy (non-hydrogen) atoms. The van der Waals surface area contributed by atoms with Crippen molar-refractivity contribution in [3.63, 3.8) is 0 Å². The van der Waals surface area contributed by atoms with Crippen molar-refractivity contribution in [1.29, 1.82) is 0 Å². The first kappa shape index (κ1) is 14.1. The Hall–Kier alpha value is -1.33. The highest BCUT2D eigenvalue weighted by atomic mass is 32.1. The average Bonchev–Trinajstić information content (AvgIpc) is 2.92. The van der Waals surface area contributed by atoms with E-state index < -0.39 is 0 Å². The Labute approximate surface area is 122 Å². The Balaban J connectivity index is 1.95. The molecule has 0 aliphatic heterocycles. The number of nitrogens with zero attached hydrogens (tertiary/aromatic N) is 1. The van der Waals surface area contributed by atoms with E-state index in [9.17, 15) is 4.79 Å². The number of benzene rings is 1. The number of nitrogens with one attached hydrogen (secondary N) is 1. The topological polar surface area (TPSA) is 42.0 Å².